The van der Waals surface area contributed by atoms with Crippen molar-refractivity contribution in [3.63, 3.8) is 0 Å². The molecule has 4 rings (SSSR count). The maximum absolute atomic E-state index is 12.5. The molecule has 2 saturated heterocycles. The molecule has 1 aromatic carbocycles. The fourth-order valence-electron chi connectivity index (χ4n) is 4.02. The summed E-state index contributed by atoms with van der Waals surface area (Å²) in [5, 5.41) is 8.00. The number of carbonyl (C=O) groups is 2. The molecule has 0 atom stereocenters. The molecule has 2 aliphatic heterocycles. The van der Waals surface area contributed by atoms with Gasteiger partial charge in [0.15, 0.2) is 0 Å². The monoisotopic (exact) mass is 444 g/mol. The van der Waals surface area contributed by atoms with Gasteiger partial charge in [-0.15, -0.1) is 0 Å². The van der Waals surface area contributed by atoms with Crippen LogP contribution in [-0.4, -0.2) is 82.2 Å². The lowest BCUT2D eigenvalue weighted by atomic mass is 10.1. The van der Waals surface area contributed by atoms with Crippen molar-refractivity contribution >= 4 is 23.5 Å². The summed E-state index contributed by atoms with van der Waals surface area (Å²) in [6.07, 6.45) is 7.09. The van der Waals surface area contributed by atoms with Crippen molar-refractivity contribution in [2.24, 2.45) is 0 Å². The molecular weight excluding hydrogens is 416 g/mol. The molecule has 31 heavy (non-hydrogen) atoms. The minimum absolute atomic E-state index is 0.0822. The molecule has 0 saturated carbocycles. The fourth-order valence-corrected chi connectivity index (χ4v) is 4.15. The first-order valence-corrected chi connectivity index (χ1v) is 11.3. The van der Waals surface area contributed by atoms with Crippen molar-refractivity contribution < 1.29 is 9.59 Å². The molecule has 1 aromatic heterocycles. The molecule has 0 spiro atoms. The summed E-state index contributed by atoms with van der Waals surface area (Å²) in [5.74, 6) is 0.218. The lowest BCUT2D eigenvalue weighted by Gasteiger charge is -2.36. The summed E-state index contributed by atoms with van der Waals surface area (Å²) >= 11 is 5.93. The molecule has 8 nitrogen and oxygen atoms in total. The lowest BCUT2D eigenvalue weighted by Crippen LogP contribution is -2.53. The van der Waals surface area contributed by atoms with E-state index in [1.54, 1.807) is 10.9 Å². The molecule has 3 heterocycles. The molecule has 1 N–H and O–H groups in total. The molecule has 166 valence electrons. The maximum atomic E-state index is 12.5. The standard InChI is InChI=1S/C22H29ClN6O2/c23-19-4-6-20(7-5-19)29-16-18(15-25-29)14-24-22(31)28-12-10-26(11-13-28)17-21(30)27-8-2-1-3-9-27/h4-7,15-16H,1-3,8-14,17H2,(H,24,31). The molecule has 9 heteroatoms. The largest absolute Gasteiger partial charge is 0.342 e. The Labute approximate surface area is 187 Å². The van der Waals surface area contributed by atoms with Crippen molar-refractivity contribution in [3.8, 4) is 5.69 Å². The average molecular weight is 445 g/mol. The van der Waals surface area contributed by atoms with Crippen LogP contribution in [0.15, 0.2) is 36.7 Å². The number of piperazine rings is 1. The van der Waals surface area contributed by atoms with Crippen LogP contribution in [0.3, 0.4) is 0 Å². The Morgan fingerprint density at radius 3 is 2.35 bits per heavy atom. The highest BCUT2D eigenvalue weighted by Gasteiger charge is 2.24. The van der Waals surface area contributed by atoms with Crippen molar-refractivity contribution in [1.82, 2.24) is 29.8 Å². The number of benzene rings is 1. The van der Waals surface area contributed by atoms with Gasteiger partial charge >= 0.3 is 6.03 Å². The number of hydrogen-bond donors (Lipinski definition) is 1. The van der Waals surface area contributed by atoms with Crippen LogP contribution in [0.5, 0.6) is 0 Å². The first-order valence-electron chi connectivity index (χ1n) is 10.9. The molecule has 2 aromatic rings. The number of piperidine rings is 1. The van der Waals surface area contributed by atoms with Gasteiger partial charge in [0.1, 0.15) is 0 Å². The Bertz CT molecular complexity index is 886. The van der Waals surface area contributed by atoms with E-state index in [-0.39, 0.29) is 11.9 Å². The number of urea groups is 1. The number of nitrogens with zero attached hydrogens (tertiary/aromatic N) is 5. The number of aromatic nitrogens is 2. The van der Waals surface area contributed by atoms with E-state index < -0.39 is 0 Å². The quantitative estimate of drug-likeness (QED) is 0.768. The first-order chi connectivity index (χ1) is 15.1. The van der Waals surface area contributed by atoms with Gasteiger partial charge < -0.3 is 15.1 Å². The van der Waals surface area contributed by atoms with Gasteiger partial charge in [0.25, 0.3) is 0 Å². The van der Waals surface area contributed by atoms with Crippen LogP contribution in [0.4, 0.5) is 4.79 Å². The zero-order valence-electron chi connectivity index (χ0n) is 17.7. The van der Waals surface area contributed by atoms with Crippen LogP contribution in [0.1, 0.15) is 24.8 Å². The predicted molar refractivity (Wildman–Crippen MR) is 119 cm³/mol. The summed E-state index contributed by atoms with van der Waals surface area (Å²) < 4.78 is 1.76. The number of hydrogen-bond acceptors (Lipinski definition) is 4. The fraction of sp³-hybridized carbons (Fsp3) is 0.500. The topological polar surface area (TPSA) is 73.7 Å². The Kier molecular flexibility index (Phi) is 7.09. The molecule has 0 bridgehead atoms. The van der Waals surface area contributed by atoms with Gasteiger partial charge in [-0.3, -0.25) is 9.69 Å². The SMILES string of the molecule is O=C(CN1CCN(C(=O)NCc2cnn(-c3ccc(Cl)cc3)c2)CC1)N1CCCCC1. The zero-order chi connectivity index (χ0) is 21.6. The summed E-state index contributed by atoms with van der Waals surface area (Å²) in [7, 11) is 0. The minimum atomic E-state index is -0.0822. The van der Waals surface area contributed by atoms with E-state index in [9.17, 15) is 9.59 Å². The Morgan fingerprint density at radius 1 is 0.935 bits per heavy atom. The number of likely N-dealkylation sites (tertiary alicyclic amines) is 1. The van der Waals surface area contributed by atoms with E-state index in [4.69, 9.17) is 11.6 Å². The van der Waals surface area contributed by atoms with Gasteiger partial charge in [0, 0.05) is 62.6 Å². The number of halogens is 1. The van der Waals surface area contributed by atoms with Gasteiger partial charge in [0.05, 0.1) is 18.4 Å². The Balaban J connectivity index is 1.20. The third kappa shape index (κ3) is 5.77. The van der Waals surface area contributed by atoms with E-state index in [2.05, 4.69) is 15.3 Å². The Hall–Kier alpha value is -2.58. The highest BCUT2D eigenvalue weighted by Crippen LogP contribution is 2.14. The number of rotatable bonds is 5. The molecule has 3 amide bonds. The molecule has 0 unspecified atom stereocenters. The Morgan fingerprint density at radius 2 is 1.65 bits per heavy atom. The van der Waals surface area contributed by atoms with E-state index in [1.807, 2.05) is 40.3 Å². The van der Waals surface area contributed by atoms with E-state index in [0.717, 1.165) is 50.3 Å². The molecule has 0 radical (unpaired) electrons. The second-order valence-electron chi connectivity index (χ2n) is 8.13. The summed E-state index contributed by atoms with van der Waals surface area (Å²) in [6.45, 7) is 5.35. The maximum Gasteiger partial charge on any atom is 0.317 e. The molecule has 2 fully saturated rings. The zero-order valence-corrected chi connectivity index (χ0v) is 18.4. The van der Waals surface area contributed by atoms with E-state index in [1.165, 1.54) is 6.42 Å². The summed E-state index contributed by atoms with van der Waals surface area (Å²) in [6, 6.07) is 7.35. The number of nitrogens with one attached hydrogen (secondary N) is 1. The van der Waals surface area contributed by atoms with Gasteiger partial charge in [-0.05, 0) is 43.5 Å². The second-order valence-corrected chi connectivity index (χ2v) is 8.57. The minimum Gasteiger partial charge on any atom is -0.342 e. The highest BCUT2D eigenvalue weighted by atomic mass is 35.5. The van der Waals surface area contributed by atoms with Crippen LogP contribution < -0.4 is 5.32 Å². The van der Waals surface area contributed by atoms with Crippen molar-refractivity contribution in [2.45, 2.75) is 25.8 Å². The normalized spacial score (nSPS) is 17.6. The van der Waals surface area contributed by atoms with Crippen LogP contribution >= 0.6 is 11.6 Å². The van der Waals surface area contributed by atoms with Crippen LogP contribution in [0.25, 0.3) is 5.69 Å². The van der Waals surface area contributed by atoms with Gasteiger partial charge in [0.2, 0.25) is 5.91 Å². The second kappa shape index (κ2) is 10.2. The van der Waals surface area contributed by atoms with Gasteiger partial charge in [-0.1, -0.05) is 11.6 Å². The predicted octanol–water partition coefficient (Wildman–Crippen LogP) is 2.37. The molecule has 0 aliphatic carbocycles. The summed E-state index contributed by atoms with van der Waals surface area (Å²) in [4.78, 5) is 30.9. The number of carbonyl (C=O) groups excluding carboxylic acids is 2. The number of amides is 3. The summed E-state index contributed by atoms with van der Waals surface area (Å²) in [5.41, 5.74) is 1.84. The molecular formula is C22H29ClN6O2. The third-order valence-corrected chi connectivity index (χ3v) is 6.15. The van der Waals surface area contributed by atoms with Crippen LogP contribution in [0, 0.1) is 0 Å². The van der Waals surface area contributed by atoms with Crippen molar-refractivity contribution in [2.75, 3.05) is 45.8 Å². The third-order valence-electron chi connectivity index (χ3n) is 5.90. The van der Waals surface area contributed by atoms with Gasteiger partial charge in [-0.25, -0.2) is 9.48 Å². The first kappa shape index (κ1) is 21.6. The van der Waals surface area contributed by atoms with E-state index >= 15 is 0 Å². The molecule has 2 aliphatic rings. The smallest absolute Gasteiger partial charge is 0.317 e. The van der Waals surface area contributed by atoms with Crippen LogP contribution in [-0.2, 0) is 11.3 Å². The van der Waals surface area contributed by atoms with Gasteiger partial charge in [-0.2, -0.15) is 5.10 Å². The highest BCUT2D eigenvalue weighted by molar-refractivity contribution is 6.30. The lowest BCUT2D eigenvalue weighted by molar-refractivity contribution is -0.133. The van der Waals surface area contributed by atoms with E-state index in [0.29, 0.717) is 31.2 Å². The average Bonchev–Trinajstić information content (AvgIpc) is 3.28. The van der Waals surface area contributed by atoms with Crippen molar-refractivity contribution in [1.29, 1.82) is 0 Å². The van der Waals surface area contributed by atoms with Crippen molar-refractivity contribution in [3.05, 3.63) is 47.2 Å². The van der Waals surface area contributed by atoms with Crippen LogP contribution in [0.2, 0.25) is 5.02 Å².